The molecule has 2 heterocycles. The zero-order chi connectivity index (χ0) is 18.3. The predicted molar refractivity (Wildman–Crippen MR) is 93.0 cm³/mol. The van der Waals surface area contributed by atoms with E-state index in [-0.39, 0.29) is 24.2 Å². The Morgan fingerprint density at radius 2 is 1.96 bits per heavy atom. The van der Waals surface area contributed by atoms with Crippen molar-refractivity contribution >= 4 is 23.2 Å². The van der Waals surface area contributed by atoms with Gasteiger partial charge in [-0.25, -0.2) is 4.39 Å². The first-order chi connectivity index (χ1) is 12.5. The minimum Gasteiger partial charge on any atom is -0.377 e. The Hall–Kier alpha value is -2.48. The van der Waals surface area contributed by atoms with Gasteiger partial charge < -0.3 is 15.4 Å². The number of primary amides is 1. The standard InChI is InChI=1S/C18H21FN4O3/c19-12-3-5-13(6-4-12)23-15(17(20)24)9-14(21-23)18(25)22-7-8-26-10-16(22)11-1-2-11/h3-6,11,15-16H,1-2,7-10H2,(H2,20,24). The van der Waals surface area contributed by atoms with Gasteiger partial charge in [-0.2, -0.15) is 5.10 Å². The summed E-state index contributed by atoms with van der Waals surface area (Å²) in [7, 11) is 0. The van der Waals surface area contributed by atoms with Crippen LogP contribution in [0.25, 0.3) is 0 Å². The molecule has 0 bridgehead atoms. The van der Waals surface area contributed by atoms with Gasteiger partial charge in [-0.05, 0) is 43.0 Å². The fraction of sp³-hybridized carbons (Fsp3) is 0.500. The van der Waals surface area contributed by atoms with E-state index in [2.05, 4.69) is 5.10 Å². The molecule has 2 atom stereocenters. The van der Waals surface area contributed by atoms with Crippen LogP contribution in [-0.4, -0.2) is 54.3 Å². The second kappa shape index (κ2) is 6.68. The highest BCUT2D eigenvalue weighted by Crippen LogP contribution is 2.37. The number of nitrogens with zero attached hydrogens (tertiary/aromatic N) is 3. The number of anilines is 1. The SMILES string of the molecule is NC(=O)C1CC(C(=O)N2CCOCC2C2CC2)=NN1c1ccc(F)cc1. The van der Waals surface area contributed by atoms with E-state index < -0.39 is 11.9 Å². The second-order valence-corrected chi connectivity index (χ2v) is 6.97. The van der Waals surface area contributed by atoms with Gasteiger partial charge in [-0.3, -0.25) is 14.6 Å². The number of amides is 2. The molecule has 1 saturated heterocycles. The molecular weight excluding hydrogens is 339 g/mol. The molecule has 1 aromatic rings. The quantitative estimate of drug-likeness (QED) is 0.863. The molecule has 1 aliphatic carbocycles. The highest BCUT2D eigenvalue weighted by atomic mass is 19.1. The molecule has 2 fully saturated rings. The van der Waals surface area contributed by atoms with Crippen molar-refractivity contribution in [1.29, 1.82) is 0 Å². The zero-order valence-corrected chi connectivity index (χ0v) is 14.3. The number of hydrogen-bond donors (Lipinski definition) is 1. The summed E-state index contributed by atoms with van der Waals surface area (Å²) in [4.78, 5) is 26.7. The molecule has 138 valence electrons. The smallest absolute Gasteiger partial charge is 0.270 e. The Balaban J connectivity index is 1.58. The first-order valence-corrected chi connectivity index (χ1v) is 8.85. The van der Waals surface area contributed by atoms with E-state index in [0.717, 1.165) is 12.8 Å². The van der Waals surface area contributed by atoms with Gasteiger partial charge in [0.2, 0.25) is 5.91 Å². The normalized spacial score (nSPS) is 26.0. The third kappa shape index (κ3) is 3.16. The molecule has 0 aromatic heterocycles. The topological polar surface area (TPSA) is 88.2 Å². The van der Waals surface area contributed by atoms with E-state index in [1.165, 1.54) is 29.3 Å². The maximum absolute atomic E-state index is 13.2. The molecule has 2 aliphatic heterocycles. The Bertz CT molecular complexity index is 747. The summed E-state index contributed by atoms with van der Waals surface area (Å²) in [6.07, 6.45) is 2.37. The van der Waals surface area contributed by atoms with Crippen LogP contribution >= 0.6 is 0 Å². The molecule has 26 heavy (non-hydrogen) atoms. The van der Waals surface area contributed by atoms with Gasteiger partial charge in [0, 0.05) is 13.0 Å². The Labute approximate surface area is 150 Å². The summed E-state index contributed by atoms with van der Waals surface area (Å²) in [5, 5.41) is 5.79. The van der Waals surface area contributed by atoms with Crippen molar-refractivity contribution in [2.45, 2.75) is 31.3 Å². The number of nitrogens with two attached hydrogens (primary N) is 1. The second-order valence-electron chi connectivity index (χ2n) is 6.97. The number of rotatable bonds is 4. The summed E-state index contributed by atoms with van der Waals surface area (Å²) in [5.74, 6) is -0.631. The monoisotopic (exact) mass is 360 g/mol. The van der Waals surface area contributed by atoms with Crippen LogP contribution in [0.4, 0.5) is 10.1 Å². The fourth-order valence-electron chi connectivity index (χ4n) is 3.61. The van der Waals surface area contributed by atoms with Gasteiger partial charge in [-0.1, -0.05) is 0 Å². The number of hydrogen-bond acceptors (Lipinski definition) is 5. The van der Waals surface area contributed by atoms with E-state index in [0.29, 0.717) is 37.1 Å². The first kappa shape index (κ1) is 17.0. The lowest BCUT2D eigenvalue weighted by Crippen LogP contribution is -2.52. The zero-order valence-electron chi connectivity index (χ0n) is 14.3. The summed E-state index contributed by atoms with van der Waals surface area (Å²) < 4.78 is 18.7. The molecule has 2 amide bonds. The number of carbonyl (C=O) groups excluding carboxylic acids is 2. The summed E-state index contributed by atoms with van der Waals surface area (Å²) in [6, 6.07) is 4.93. The summed E-state index contributed by atoms with van der Waals surface area (Å²) in [5.41, 5.74) is 6.35. The number of ether oxygens (including phenoxy) is 1. The third-order valence-electron chi connectivity index (χ3n) is 5.17. The average Bonchev–Trinajstić information content (AvgIpc) is 3.39. The van der Waals surface area contributed by atoms with Crippen molar-refractivity contribution in [3.63, 3.8) is 0 Å². The van der Waals surface area contributed by atoms with E-state index >= 15 is 0 Å². The Morgan fingerprint density at radius 3 is 2.62 bits per heavy atom. The van der Waals surface area contributed by atoms with Crippen molar-refractivity contribution < 1.29 is 18.7 Å². The average molecular weight is 360 g/mol. The molecule has 4 rings (SSSR count). The third-order valence-corrected chi connectivity index (χ3v) is 5.17. The number of morpholine rings is 1. The van der Waals surface area contributed by atoms with Crippen LogP contribution < -0.4 is 10.7 Å². The lowest BCUT2D eigenvalue weighted by atomic mass is 10.1. The maximum atomic E-state index is 13.2. The van der Waals surface area contributed by atoms with Crippen molar-refractivity contribution in [3.8, 4) is 0 Å². The molecule has 2 unspecified atom stereocenters. The molecule has 1 saturated carbocycles. The molecule has 3 aliphatic rings. The number of hydrazone groups is 1. The van der Waals surface area contributed by atoms with Gasteiger partial charge in [0.25, 0.3) is 5.91 Å². The van der Waals surface area contributed by atoms with Gasteiger partial charge in [0.1, 0.15) is 17.6 Å². The van der Waals surface area contributed by atoms with Gasteiger partial charge in [-0.15, -0.1) is 0 Å². The van der Waals surface area contributed by atoms with Crippen molar-refractivity contribution in [3.05, 3.63) is 30.1 Å². The van der Waals surface area contributed by atoms with Crippen molar-refractivity contribution in [2.75, 3.05) is 24.8 Å². The Morgan fingerprint density at radius 1 is 1.23 bits per heavy atom. The van der Waals surface area contributed by atoms with Crippen LogP contribution in [0.2, 0.25) is 0 Å². The molecule has 0 radical (unpaired) electrons. The number of benzene rings is 1. The van der Waals surface area contributed by atoms with Gasteiger partial charge in [0.05, 0.1) is 24.9 Å². The van der Waals surface area contributed by atoms with E-state index in [4.69, 9.17) is 10.5 Å². The molecule has 7 nitrogen and oxygen atoms in total. The molecule has 2 N–H and O–H groups in total. The minimum atomic E-state index is -0.750. The van der Waals surface area contributed by atoms with Crippen molar-refractivity contribution in [1.82, 2.24) is 4.90 Å². The van der Waals surface area contributed by atoms with E-state index in [9.17, 15) is 14.0 Å². The maximum Gasteiger partial charge on any atom is 0.270 e. The lowest BCUT2D eigenvalue weighted by molar-refractivity contribution is -0.133. The van der Waals surface area contributed by atoms with Gasteiger partial charge in [0.15, 0.2) is 0 Å². The highest BCUT2D eigenvalue weighted by molar-refractivity contribution is 6.40. The van der Waals surface area contributed by atoms with Crippen LogP contribution in [0.15, 0.2) is 29.4 Å². The predicted octanol–water partition coefficient (Wildman–Crippen LogP) is 0.883. The van der Waals surface area contributed by atoms with E-state index in [1.807, 2.05) is 4.90 Å². The van der Waals surface area contributed by atoms with Crippen LogP contribution in [0.1, 0.15) is 19.3 Å². The lowest BCUT2D eigenvalue weighted by Gasteiger charge is -2.35. The summed E-state index contributed by atoms with van der Waals surface area (Å²) in [6.45, 7) is 1.57. The summed E-state index contributed by atoms with van der Waals surface area (Å²) >= 11 is 0. The van der Waals surface area contributed by atoms with Gasteiger partial charge >= 0.3 is 0 Å². The van der Waals surface area contributed by atoms with Crippen LogP contribution in [0, 0.1) is 11.7 Å². The molecule has 1 aromatic carbocycles. The van der Waals surface area contributed by atoms with E-state index in [1.54, 1.807) is 0 Å². The Kier molecular flexibility index (Phi) is 4.36. The minimum absolute atomic E-state index is 0.0749. The van der Waals surface area contributed by atoms with Crippen LogP contribution in [0.3, 0.4) is 0 Å². The highest BCUT2D eigenvalue weighted by Gasteiger charge is 2.43. The fourth-order valence-corrected chi connectivity index (χ4v) is 3.61. The molecule has 8 heteroatoms. The molecule has 0 spiro atoms. The largest absolute Gasteiger partial charge is 0.377 e. The van der Waals surface area contributed by atoms with Crippen molar-refractivity contribution in [2.24, 2.45) is 16.8 Å². The number of halogens is 1. The molecular formula is C18H21FN4O3. The van der Waals surface area contributed by atoms with Crippen LogP contribution in [-0.2, 0) is 14.3 Å². The number of carbonyl (C=O) groups is 2. The first-order valence-electron chi connectivity index (χ1n) is 8.85. The van der Waals surface area contributed by atoms with Crippen LogP contribution in [0.5, 0.6) is 0 Å².